The zero-order valence-corrected chi connectivity index (χ0v) is 11.1. The molecule has 1 aliphatic rings. The zero-order valence-electron chi connectivity index (χ0n) is 11.1. The van der Waals surface area contributed by atoms with E-state index in [1.165, 1.54) is 23.4 Å². The van der Waals surface area contributed by atoms with Crippen molar-refractivity contribution in [3.8, 4) is 22.9 Å². The van der Waals surface area contributed by atoms with Crippen LogP contribution in [-0.4, -0.2) is 20.1 Å². The van der Waals surface area contributed by atoms with E-state index < -0.39 is 0 Å². The molecule has 0 fully saturated rings. The molecule has 2 aromatic carbocycles. The van der Waals surface area contributed by atoms with Crippen LogP contribution < -0.4 is 9.47 Å². The van der Waals surface area contributed by atoms with E-state index in [4.69, 9.17) is 9.47 Å². The molecule has 0 spiro atoms. The van der Waals surface area contributed by atoms with Gasteiger partial charge in [0.15, 0.2) is 11.5 Å². The molecule has 4 rings (SSSR count). The van der Waals surface area contributed by atoms with Crippen LogP contribution in [0.15, 0.2) is 42.9 Å². The number of hydrogen-bond acceptors (Lipinski definition) is 5. The lowest BCUT2D eigenvalue weighted by Crippen LogP contribution is -2.02. The molecule has 1 N–H and O–H groups in total. The molecule has 6 heteroatoms. The third-order valence-corrected chi connectivity index (χ3v) is 3.24. The maximum atomic E-state index is 10.1. The second-order valence-corrected chi connectivity index (χ2v) is 4.78. The summed E-state index contributed by atoms with van der Waals surface area (Å²) >= 11 is 0. The highest BCUT2D eigenvalue weighted by atomic mass is 16.5. The van der Waals surface area contributed by atoms with Gasteiger partial charge in [-0.2, -0.15) is 0 Å². The van der Waals surface area contributed by atoms with Gasteiger partial charge in [0, 0.05) is 12.1 Å². The fourth-order valence-corrected chi connectivity index (χ4v) is 2.22. The fraction of sp³-hybridized carbons (Fsp3) is 0.0667. The highest BCUT2D eigenvalue weighted by Gasteiger charge is 2.16. The van der Waals surface area contributed by atoms with Gasteiger partial charge in [-0.1, -0.05) is 6.07 Å². The van der Waals surface area contributed by atoms with Crippen molar-refractivity contribution in [3.63, 3.8) is 0 Å². The van der Waals surface area contributed by atoms with Gasteiger partial charge in [-0.25, -0.2) is 0 Å². The van der Waals surface area contributed by atoms with Crippen LogP contribution in [-0.2, 0) is 0 Å². The minimum absolute atomic E-state index is 0.0182. The lowest BCUT2D eigenvalue weighted by molar-refractivity contribution is 0.357. The molecule has 3 aromatic rings. The number of nitrogens with zero attached hydrogens (tertiary/aromatic N) is 3. The highest BCUT2D eigenvalue weighted by Crippen LogP contribution is 2.37. The van der Waals surface area contributed by atoms with E-state index >= 15 is 0 Å². The molecule has 0 atom stereocenters. The summed E-state index contributed by atoms with van der Waals surface area (Å²) < 4.78 is 10.6. The Labute approximate surface area is 119 Å². The smallest absolute Gasteiger partial charge is 0.173 e. The summed E-state index contributed by atoms with van der Waals surface area (Å²) in [5.41, 5.74) is 3.06. The number of aryl methyl sites for hydroxylation is 1. The molecule has 0 unspecified atom stereocenters. The van der Waals surface area contributed by atoms with Crippen LogP contribution in [0, 0.1) is 6.92 Å². The normalized spacial score (nSPS) is 12.8. The van der Waals surface area contributed by atoms with Crippen LogP contribution in [0.4, 0.5) is 0 Å². The minimum Gasteiger partial charge on any atom is -0.505 e. The summed E-state index contributed by atoms with van der Waals surface area (Å²) in [6.07, 6.45) is 2.84. The molecule has 0 amide bonds. The SMILES string of the molecule is Cc1ccc2nn(-c3cc4c(cc3O)OC=CO4)nc2c1. The number of aromatic nitrogens is 3. The third kappa shape index (κ3) is 1.88. The summed E-state index contributed by atoms with van der Waals surface area (Å²) in [5.74, 6) is 0.971. The number of rotatable bonds is 1. The second-order valence-electron chi connectivity index (χ2n) is 4.78. The molecule has 1 aliphatic heterocycles. The quantitative estimate of drug-likeness (QED) is 0.742. The number of phenolic OH excluding ortho intramolecular Hbond substituents is 1. The van der Waals surface area contributed by atoms with Crippen LogP contribution in [0.2, 0.25) is 0 Å². The summed E-state index contributed by atoms with van der Waals surface area (Å²) in [4.78, 5) is 1.39. The van der Waals surface area contributed by atoms with Gasteiger partial charge in [0.05, 0.1) is 0 Å². The predicted molar refractivity (Wildman–Crippen MR) is 75.7 cm³/mol. The minimum atomic E-state index is 0.0182. The Kier molecular flexibility index (Phi) is 2.38. The molecule has 6 nitrogen and oxygen atoms in total. The maximum absolute atomic E-state index is 10.1. The van der Waals surface area contributed by atoms with Crippen LogP contribution in [0.3, 0.4) is 0 Å². The van der Waals surface area contributed by atoms with Crippen LogP contribution in [0.25, 0.3) is 16.7 Å². The van der Waals surface area contributed by atoms with Crippen LogP contribution in [0.1, 0.15) is 5.56 Å². The first-order chi connectivity index (χ1) is 10.2. The van der Waals surface area contributed by atoms with Gasteiger partial charge in [-0.05, 0) is 24.6 Å². The topological polar surface area (TPSA) is 69.4 Å². The van der Waals surface area contributed by atoms with Crippen molar-refractivity contribution in [1.82, 2.24) is 15.0 Å². The zero-order chi connectivity index (χ0) is 14.4. The van der Waals surface area contributed by atoms with Gasteiger partial charge >= 0.3 is 0 Å². The average molecular weight is 281 g/mol. The molecule has 0 aliphatic carbocycles. The van der Waals surface area contributed by atoms with Crippen LogP contribution in [0.5, 0.6) is 17.2 Å². The largest absolute Gasteiger partial charge is 0.505 e. The molecule has 1 aromatic heterocycles. The molecule has 0 saturated carbocycles. The van der Waals surface area contributed by atoms with E-state index in [1.54, 1.807) is 6.07 Å². The van der Waals surface area contributed by atoms with Crippen molar-refractivity contribution < 1.29 is 14.6 Å². The number of hydrogen-bond donors (Lipinski definition) is 1. The Morgan fingerprint density at radius 2 is 1.67 bits per heavy atom. The third-order valence-electron chi connectivity index (χ3n) is 3.24. The van der Waals surface area contributed by atoms with Crippen molar-refractivity contribution in [2.75, 3.05) is 0 Å². The Morgan fingerprint density at radius 1 is 0.952 bits per heavy atom. The molecule has 104 valence electrons. The summed E-state index contributed by atoms with van der Waals surface area (Å²) in [6.45, 7) is 1.99. The van der Waals surface area contributed by atoms with Crippen molar-refractivity contribution in [3.05, 3.63) is 48.4 Å². The predicted octanol–water partition coefficient (Wildman–Crippen LogP) is 2.68. The molecule has 0 saturated heterocycles. The first kappa shape index (κ1) is 11.8. The number of phenols is 1. The van der Waals surface area contributed by atoms with E-state index in [0.717, 1.165) is 16.6 Å². The standard InChI is InChI=1S/C15H11N3O3/c1-9-2-3-10-11(6-9)17-18(16-10)12-7-14-15(8-13(12)19)21-5-4-20-14/h2-8,19H,1H3. The van der Waals surface area contributed by atoms with E-state index in [-0.39, 0.29) is 5.75 Å². The maximum Gasteiger partial charge on any atom is 0.173 e. The van der Waals surface area contributed by atoms with Crippen molar-refractivity contribution in [2.45, 2.75) is 6.92 Å². The summed E-state index contributed by atoms with van der Waals surface area (Å²) in [5, 5.41) is 18.9. The van der Waals surface area contributed by atoms with Gasteiger partial charge < -0.3 is 14.6 Å². The monoisotopic (exact) mass is 281 g/mol. The number of ether oxygens (including phenoxy) is 2. The Balaban J connectivity index is 1.88. The first-order valence-electron chi connectivity index (χ1n) is 6.40. The molecule has 0 radical (unpaired) electrons. The van der Waals surface area contributed by atoms with Gasteiger partial charge in [-0.3, -0.25) is 0 Å². The lowest BCUT2D eigenvalue weighted by atomic mass is 10.2. The van der Waals surface area contributed by atoms with Crippen LogP contribution >= 0.6 is 0 Å². The van der Waals surface area contributed by atoms with Gasteiger partial charge in [0.25, 0.3) is 0 Å². The highest BCUT2D eigenvalue weighted by molar-refractivity contribution is 5.75. The van der Waals surface area contributed by atoms with Crippen molar-refractivity contribution in [1.29, 1.82) is 0 Å². The second kappa shape index (κ2) is 4.24. The summed E-state index contributed by atoms with van der Waals surface area (Å²) in [6, 6.07) is 8.92. The van der Waals surface area contributed by atoms with Gasteiger partial charge in [-0.15, -0.1) is 15.0 Å². The number of fused-ring (bicyclic) bond motifs is 2. The van der Waals surface area contributed by atoms with E-state index in [2.05, 4.69) is 10.2 Å². The number of benzene rings is 2. The average Bonchev–Trinajstić information content (AvgIpc) is 2.89. The molecular formula is C15H11N3O3. The van der Waals surface area contributed by atoms with Crippen molar-refractivity contribution >= 4 is 11.0 Å². The Morgan fingerprint density at radius 3 is 2.48 bits per heavy atom. The van der Waals surface area contributed by atoms with Gasteiger partial charge in [0.1, 0.15) is 35.0 Å². The Bertz CT molecular complexity index is 883. The lowest BCUT2D eigenvalue weighted by Gasteiger charge is -2.14. The molecule has 2 heterocycles. The summed E-state index contributed by atoms with van der Waals surface area (Å²) in [7, 11) is 0. The van der Waals surface area contributed by atoms with E-state index in [0.29, 0.717) is 17.2 Å². The van der Waals surface area contributed by atoms with E-state index in [1.807, 2.05) is 25.1 Å². The number of aromatic hydroxyl groups is 1. The molecular weight excluding hydrogens is 270 g/mol. The van der Waals surface area contributed by atoms with E-state index in [9.17, 15) is 5.11 Å². The molecule has 21 heavy (non-hydrogen) atoms. The first-order valence-corrected chi connectivity index (χ1v) is 6.40. The van der Waals surface area contributed by atoms with Crippen molar-refractivity contribution in [2.24, 2.45) is 0 Å². The fourth-order valence-electron chi connectivity index (χ4n) is 2.22. The molecule has 0 bridgehead atoms. The van der Waals surface area contributed by atoms with Gasteiger partial charge in [0.2, 0.25) is 0 Å². The Hall–Kier alpha value is -3.02.